The molecule has 1 aromatic carbocycles. The molecular weight excluding hydrogens is 312 g/mol. The number of para-hydroxylation sites is 2. The summed E-state index contributed by atoms with van der Waals surface area (Å²) in [7, 11) is 1.83. The number of hydrogen-bond acceptors (Lipinski definition) is 4. The number of imidazole rings is 1. The van der Waals surface area contributed by atoms with E-state index in [1.54, 1.807) is 6.08 Å². The van der Waals surface area contributed by atoms with Crippen LogP contribution in [0.1, 0.15) is 5.82 Å². The topological polar surface area (TPSA) is 67.2 Å². The molecule has 0 radical (unpaired) electrons. The zero-order valence-electron chi connectivity index (χ0n) is 12.4. The molecule has 6 nitrogen and oxygen atoms in total. The maximum absolute atomic E-state index is 12.5. The van der Waals surface area contributed by atoms with Gasteiger partial charge in [-0.15, -0.1) is 6.58 Å². The van der Waals surface area contributed by atoms with Gasteiger partial charge in [0, 0.05) is 13.6 Å². The SMILES string of the molecule is C=CCN1C(=O)C(=Cc2nc3ccccc3n2C)C(=O)NC1=S. The summed E-state index contributed by atoms with van der Waals surface area (Å²) < 4.78 is 1.83. The molecule has 0 unspecified atom stereocenters. The normalized spacial score (nSPS) is 17.0. The third kappa shape index (κ3) is 2.55. The zero-order chi connectivity index (χ0) is 16.6. The van der Waals surface area contributed by atoms with Gasteiger partial charge in [0.25, 0.3) is 11.8 Å². The summed E-state index contributed by atoms with van der Waals surface area (Å²) in [5, 5.41) is 2.60. The van der Waals surface area contributed by atoms with Crippen LogP contribution in [0.5, 0.6) is 0 Å². The Morgan fingerprint density at radius 1 is 1.35 bits per heavy atom. The molecule has 2 heterocycles. The first-order chi connectivity index (χ1) is 11.0. The van der Waals surface area contributed by atoms with E-state index < -0.39 is 11.8 Å². The third-order valence-corrected chi connectivity index (χ3v) is 3.92. The van der Waals surface area contributed by atoms with Crippen molar-refractivity contribution < 1.29 is 9.59 Å². The second kappa shape index (κ2) is 5.77. The van der Waals surface area contributed by atoms with Crippen LogP contribution in [0.2, 0.25) is 0 Å². The molecule has 0 saturated carbocycles. The second-order valence-corrected chi connectivity index (χ2v) is 5.43. The van der Waals surface area contributed by atoms with E-state index in [1.807, 2.05) is 35.9 Å². The highest BCUT2D eigenvalue weighted by Crippen LogP contribution is 2.18. The Hall–Kier alpha value is -2.80. The molecular formula is C16H14N4O2S. The van der Waals surface area contributed by atoms with Gasteiger partial charge < -0.3 is 4.57 Å². The van der Waals surface area contributed by atoms with Crippen molar-refractivity contribution in [1.29, 1.82) is 0 Å². The number of aryl methyl sites for hydroxylation is 1. The van der Waals surface area contributed by atoms with Gasteiger partial charge >= 0.3 is 0 Å². The Kier molecular flexibility index (Phi) is 3.79. The Morgan fingerprint density at radius 3 is 2.78 bits per heavy atom. The van der Waals surface area contributed by atoms with E-state index in [4.69, 9.17) is 12.2 Å². The van der Waals surface area contributed by atoms with Gasteiger partial charge in [-0.1, -0.05) is 18.2 Å². The van der Waals surface area contributed by atoms with E-state index in [0.717, 1.165) is 11.0 Å². The predicted octanol–water partition coefficient (Wildman–Crippen LogP) is 1.39. The third-order valence-electron chi connectivity index (χ3n) is 3.59. The van der Waals surface area contributed by atoms with Crippen molar-refractivity contribution in [2.45, 2.75) is 0 Å². The number of thiocarbonyl (C=S) groups is 1. The number of carbonyl (C=O) groups excluding carboxylic acids is 2. The second-order valence-electron chi connectivity index (χ2n) is 5.04. The molecule has 1 aliphatic heterocycles. The highest BCUT2D eigenvalue weighted by atomic mass is 32.1. The van der Waals surface area contributed by atoms with Crippen molar-refractivity contribution >= 4 is 46.3 Å². The van der Waals surface area contributed by atoms with Gasteiger partial charge in [0.1, 0.15) is 11.4 Å². The highest BCUT2D eigenvalue weighted by molar-refractivity contribution is 7.80. The number of nitrogens with one attached hydrogen (secondary N) is 1. The molecule has 2 aromatic rings. The van der Waals surface area contributed by atoms with Gasteiger partial charge in [-0.25, -0.2) is 4.98 Å². The van der Waals surface area contributed by atoms with Crippen LogP contribution in [0.15, 0.2) is 42.5 Å². The number of rotatable bonds is 3. The number of carbonyl (C=O) groups is 2. The molecule has 7 heteroatoms. The molecule has 23 heavy (non-hydrogen) atoms. The van der Waals surface area contributed by atoms with E-state index in [-0.39, 0.29) is 17.2 Å². The van der Waals surface area contributed by atoms with Crippen LogP contribution in [0.3, 0.4) is 0 Å². The molecule has 1 fully saturated rings. The lowest BCUT2D eigenvalue weighted by Gasteiger charge is -2.27. The van der Waals surface area contributed by atoms with Crippen LogP contribution in [-0.2, 0) is 16.6 Å². The first-order valence-electron chi connectivity index (χ1n) is 6.94. The van der Waals surface area contributed by atoms with Crippen LogP contribution in [0.4, 0.5) is 0 Å². The Balaban J connectivity index is 2.07. The fourth-order valence-electron chi connectivity index (χ4n) is 2.41. The predicted molar refractivity (Wildman–Crippen MR) is 91.3 cm³/mol. The highest BCUT2D eigenvalue weighted by Gasteiger charge is 2.33. The van der Waals surface area contributed by atoms with Crippen molar-refractivity contribution in [2.75, 3.05) is 6.54 Å². The van der Waals surface area contributed by atoms with E-state index in [1.165, 1.54) is 11.0 Å². The molecule has 0 spiro atoms. The van der Waals surface area contributed by atoms with Crippen molar-refractivity contribution in [3.05, 3.63) is 48.3 Å². The molecule has 1 N–H and O–H groups in total. The summed E-state index contributed by atoms with van der Waals surface area (Å²) in [6, 6.07) is 7.59. The fraction of sp³-hybridized carbons (Fsp3) is 0.125. The molecule has 1 saturated heterocycles. The Morgan fingerprint density at radius 2 is 2.09 bits per heavy atom. The first-order valence-corrected chi connectivity index (χ1v) is 7.35. The van der Waals surface area contributed by atoms with E-state index in [0.29, 0.717) is 5.82 Å². The van der Waals surface area contributed by atoms with Crippen LogP contribution in [0, 0.1) is 0 Å². The summed E-state index contributed by atoms with van der Waals surface area (Å²) in [6.45, 7) is 3.83. The monoisotopic (exact) mass is 326 g/mol. The van der Waals surface area contributed by atoms with Gasteiger partial charge in [-0.3, -0.25) is 19.8 Å². The lowest BCUT2D eigenvalue weighted by atomic mass is 10.1. The average molecular weight is 326 g/mol. The Bertz CT molecular complexity index is 881. The standard InChI is InChI=1S/C16H14N4O2S/c1-3-8-20-15(22)10(14(21)18-16(20)23)9-13-17-11-6-4-5-7-12(11)19(13)2/h3-7,9H,1,8H2,2H3,(H,18,21,23). The lowest BCUT2D eigenvalue weighted by Crippen LogP contribution is -2.53. The maximum Gasteiger partial charge on any atom is 0.266 e. The van der Waals surface area contributed by atoms with E-state index >= 15 is 0 Å². The maximum atomic E-state index is 12.5. The van der Waals surface area contributed by atoms with Crippen molar-refractivity contribution in [1.82, 2.24) is 19.8 Å². The fourth-order valence-corrected chi connectivity index (χ4v) is 2.66. The molecule has 0 atom stereocenters. The van der Waals surface area contributed by atoms with Gasteiger partial charge in [0.2, 0.25) is 0 Å². The number of aromatic nitrogens is 2. The van der Waals surface area contributed by atoms with Crippen molar-refractivity contribution in [3.63, 3.8) is 0 Å². The summed E-state index contributed by atoms with van der Waals surface area (Å²) in [5.74, 6) is -0.450. The minimum Gasteiger partial charge on any atom is -0.328 e. The minimum atomic E-state index is -0.521. The molecule has 0 aliphatic carbocycles. The Labute approximate surface area is 138 Å². The van der Waals surface area contributed by atoms with Crippen LogP contribution in [0.25, 0.3) is 17.1 Å². The van der Waals surface area contributed by atoms with Crippen LogP contribution >= 0.6 is 12.2 Å². The summed E-state index contributed by atoms with van der Waals surface area (Å²) in [4.78, 5) is 30.3. The van der Waals surface area contributed by atoms with Gasteiger partial charge in [0.15, 0.2) is 5.11 Å². The largest absolute Gasteiger partial charge is 0.328 e. The van der Waals surface area contributed by atoms with Gasteiger partial charge in [-0.05, 0) is 30.4 Å². The molecule has 1 aliphatic rings. The average Bonchev–Trinajstić information content (AvgIpc) is 2.84. The minimum absolute atomic E-state index is 0.00106. The summed E-state index contributed by atoms with van der Waals surface area (Å²) >= 11 is 5.02. The van der Waals surface area contributed by atoms with E-state index in [9.17, 15) is 9.59 Å². The summed E-state index contributed by atoms with van der Waals surface area (Å²) in [6.07, 6.45) is 3.03. The van der Waals surface area contributed by atoms with E-state index in [2.05, 4.69) is 16.9 Å². The zero-order valence-corrected chi connectivity index (χ0v) is 13.3. The van der Waals surface area contributed by atoms with Crippen LogP contribution in [-0.4, -0.2) is 37.9 Å². The number of hydrogen-bond donors (Lipinski definition) is 1. The molecule has 116 valence electrons. The number of amides is 2. The number of fused-ring (bicyclic) bond motifs is 1. The first kappa shape index (κ1) is 15.1. The number of nitrogens with zero attached hydrogens (tertiary/aromatic N) is 3. The quantitative estimate of drug-likeness (QED) is 0.401. The van der Waals surface area contributed by atoms with Crippen LogP contribution < -0.4 is 5.32 Å². The molecule has 1 aromatic heterocycles. The lowest BCUT2D eigenvalue weighted by molar-refractivity contribution is -0.128. The summed E-state index contributed by atoms with van der Waals surface area (Å²) in [5.41, 5.74) is 1.71. The molecule has 2 amide bonds. The van der Waals surface area contributed by atoms with Gasteiger partial charge in [-0.2, -0.15) is 0 Å². The molecule has 3 rings (SSSR count). The number of benzene rings is 1. The smallest absolute Gasteiger partial charge is 0.266 e. The molecule has 0 bridgehead atoms. The van der Waals surface area contributed by atoms with Gasteiger partial charge in [0.05, 0.1) is 11.0 Å². The van der Waals surface area contributed by atoms with Crippen molar-refractivity contribution in [2.24, 2.45) is 7.05 Å². The van der Waals surface area contributed by atoms with Crippen molar-refractivity contribution in [3.8, 4) is 0 Å².